The minimum absolute atomic E-state index is 0.114. The summed E-state index contributed by atoms with van der Waals surface area (Å²) in [5.74, 6) is 0. The van der Waals surface area contributed by atoms with Crippen molar-refractivity contribution in [3.8, 4) is 0 Å². The number of para-hydroxylation sites is 1. The van der Waals surface area contributed by atoms with Crippen molar-refractivity contribution < 1.29 is 10.0 Å². The van der Waals surface area contributed by atoms with Crippen molar-refractivity contribution in [1.82, 2.24) is 5.32 Å². The van der Waals surface area contributed by atoms with Crippen molar-refractivity contribution in [2.45, 2.75) is 13.3 Å². The number of carbonyl (C=O) groups is 1. The minimum atomic E-state index is -0.114. The van der Waals surface area contributed by atoms with Crippen LogP contribution in [0.1, 0.15) is 18.9 Å². The number of nitrogens with zero attached hydrogens (tertiary/aromatic N) is 2. The van der Waals surface area contributed by atoms with Crippen LogP contribution in [0.25, 0.3) is 0 Å². The van der Waals surface area contributed by atoms with Crippen molar-refractivity contribution in [1.29, 1.82) is 0 Å². The van der Waals surface area contributed by atoms with Crippen molar-refractivity contribution in [3.05, 3.63) is 29.8 Å². The molecule has 0 atom stereocenters. The van der Waals surface area contributed by atoms with Crippen LogP contribution in [-0.4, -0.2) is 30.0 Å². The predicted octanol–water partition coefficient (Wildman–Crippen LogP) is 1.80. The number of carbonyl (C=O) groups excluding carboxylic acids is 1. The number of oxime groups is 1. The normalized spacial score (nSPS) is 16.8. The van der Waals surface area contributed by atoms with Crippen LogP contribution in [0.15, 0.2) is 29.4 Å². The Kier molecular flexibility index (Phi) is 3.27. The summed E-state index contributed by atoms with van der Waals surface area (Å²) < 4.78 is 0. The summed E-state index contributed by atoms with van der Waals surface area (Å²) in [7, 11) is 0. The molecule has 1 aliphatic rings. The lowest BCUT2D eigenvalue weighted by molar-refractivity contribution is 0.246. The molecule has 1 heterocycles. The van der Waals surface area contributed by atoms with Crippen LogP contribution >= 0.6 is 0 Å². The summed E-state index contributed by atoms with van der Waals surface area (Å²) in [6, 6.07) is 7.33. The SMILES string of the molecule is CCNC(=O)N1CCC(=NO)c2ccccc21. The lowest BCUT2D eigenvalue weighted by Crippen LogP contribution is -2.43. The Hall–Kier alpha value is -2.04. The van der Waals surface area contributed by atoms with Crippen LogP contribution < -0.4 is 10.2 Å². The van der Waals surface area contributed by atoms with Gasteiger partial charge in [-0.2, -0.15) is 0 Å². The number of hydrogen-bond donors (Lipinski definition) is 2. The van der Waals surface area contributed by atoms with E-state index in [0.717, 1.165) is 11.3 Å². The lowest BCUT2D eigenvalue weighted by Gasteiger charge is -2.29. The zero-order valence-corrected chi connectivity index (χ0v) is 9.68. The first-order valence-electron chi connectivity index (χ1n) is 5.63. The molecule has 0 fully saturated rings. The van der Waals surface area contributed by atoms with Crippen molar-refractivity contribution >= 4 is 17.4 Å². The van der Waals surface area contributed by atoms with Gasteiger partial charge in [-0.05, 0) is 13.0 Å². The predicted molar refractivity (Wildman–Crippen MR) is 65.8 cm³/mol. The first-order valence-corrected chi connectivity index (χ1v) is 5.63. The van der Waals surface area contributed by atoms with Gasteiger partial charge >= 0.3 is 6.03 Å². The highest BCUT2D eigenvalue weighted by Gasteiger charge is 2.25. The average Bonchev–Trinajstić information content (AvgIpc) is 2.37. The van der Waals surface area contributed by atoms with E-state index in [2.05, 4.69) is 10.5 Å². The fraction of sp³-hybridized carbons (Fsp3) is 0.333. The number of hydrogen-bond acceptors (Lipinski definition) is 3. The third-order valence-corrected chi connectivity index (χ3v) is 2.77. The average molecular weight is 233 g/mol. The second-order valence-electron chi connectivity index (χ2n) is 3.80. The Balaban J connectivity index is 2.38. The zero-order valence-electron chi connectivity index (χ0n) is 9.68. The van der Waals surface area contributed by atoms with Crippen LogP contribution in [0.5, 0.6) is 0 Å². The molecular formula is C12H15N3O2. The molecule has 2 rings (SSSR count). The Labute approximate surface area is 99.7 Å². The number of rotatable bonds is 1. The summed E-state index contributed by atoms with van der Waals surface area (Å²) in [5, 5.41) is 15.0. The Morgan fingerprint density at radius 1 is 1.53 bits per heavy atom. The van der Waals surface area contributed by atoms with E-state index in [9.17, 15) is 4.79 Å². The highest BCUT2D eigenvalue weighted by Crippen LogP contribution is 2.27. The topological polar surface area (TPSA) is 64.9 Å². The summed E-state index contributed by atoms with van der Waals surface area (Å²) in [6.07, 6.45) is 0.560. The van der Waals surface area contributed by atoms with Crippen LogP contribution in [0.2, 0.25) is 0 Å². The Morgan fingerprint density at radius 3 is 3.00 bits per heavy atom. The van der Waals surface area contributed by atoms with Gasteiger partial charge < -0.3 is 10.5 Å². The van der Waals surface area contributed by atoms with E-state index in [1.165, 1.54) is 0 Å². The lowest BCUT2D eigenvalue weighted by atomic mass is 10.00. The maximum Gasteiger partial charge on any atom is 0.321 e. The third-order valence-electron chi connectivity index (χ3n) is 2.77. The fourth-order valence-electron chi connectivity index (χ4n) is 1.99. The molecule has 0 radical (unpaired) electrons. The van der Waals surface area contributed by atoms with Gasteiger partial charge in [-0.1, -0.05) is 23.4 Å². The van der Waals surface area contributed by atoms with Gasteiger partial charge in [0.2, 0.25) is 0 Å². The molecule has 0 spiro atoms. The van der Waals surface area contributed by atoms with Gasteiger partial charge in [0, 0.05) is 25.1 Å². The molecule has 17 heavy (non-hydrogen) atoms. The van der Waals surface area contributed by atoms with Crippen molar-refractivity contribution in [2.24, 2.45) is 5.16 Å². The molecule has 5 heteroatoms. The van der Waals surface area contributed by atoms with Crippen LogP contribution in [0.3, 0.4) is 0 Å². The molecule has 1 aliphatic heterocycles. The molecule has 0 bridgehead atoms. The molecular weight excluding hydrogens is 218 g/mol. The fourth-order valence-corrected chi connectivity index (χ4v) is 1.99. The number of benzene rings is 1. The Bertz CT molecular complexity index is 457. The van der Waals surface area contributed by atoms with Crippen molar-refractivity contribution in [3.63, 3.8) is 0 Å². The van der Waals surface area contributed by atoms with Gasteiger partial charge in [0.1, 0.15) is 0 Å². The van der Waals surface area contributed by atoms with Gasteiger partial charge in [-0.25, -0.2) is 4.79 Å². The highest BCUT2D eigenvalue weighted by molar-refractivity contribution is 6.10. The molecule has 0 unspecified atom stereocenters. The van der Waals surface area contributed by atoms with E-state index in [1.807, 2.05) is 31.2 Å². The zero-order chi connectivity index (χ0) is 12.3. The summed E-state index contributed by atoms with van der Waals surface area (Å²) in [5.41, 5.74) is 2.23. The molecule has 1 aromatic rings. The largest absolute Gasteiger partial charge is 0.411 e. The second kappa shape index (κ2) is 4.86. The van der Waals surface area contributed by atoms with Crippen molar-refractivity contribution in [2.75, 3.05) is 18.0 Å². The van der Waals surface area contributed by atoms with E-state index < -0.39 is 0 Å². The van der Waals surface area contributed by atoms with Crippen LogP contribution in [0, 0.1) is 0 Å². The van der Waals surface area contributed by atoms with Gasteiger partial charge in [0.25, 0.3) is 0 Å². The second-order valence-corrected chi connectivity index (χ2v) is 3.80. The van der Waals surface area contributed by atoms with E-state index in [0.29, 0.717) is 25.2 Å². The minimum Gasteiger partial charge on any atom is -0.411 e. The maximum absolute atomic E-state index is 11.9. The number of anilines is 1. The molecule has 90 valence electrons. The highest BCUT2D eigenvalue weighted by atomic mass is 16.4. The van der Waals surface area contributed by atoms with Gasteiger partial charge in [0.15, 0.2) is 0 Å². The molecule has 0 aliphatic carbocycles. The standard InChI is InChI=1S/C12H15N3O2/c1-2-13-12(16)15-8-7-10(14-17)9-5-3-4-6-11(9)15/h3-6,17H,2,7-8H2,1H3,(H,13,16). The number of urea groups is 1. The number of nitrogens with one attached hydrogen (secondary N) is 1. The molecule has 2 amide bonds. The maximum atomic E-state index is 11.9. The molecule has 0 saturated carbocycles. The summed E-state index contributed by atoms with van der Waals surface area (Å²) in [4.78, 5) is 13.5. The first-order chi connectivity index (χ1) is 8.27. The summed E-state index contributed by atoms with van der Waals surface area (Å²) in [6.45, 7) is 3.01. The molecule has 0 saturated heterocycles. The van der Waals surface area contributed by atoms with Gasteiger partial charge in [0.05, 0.1) is 11.4 Å². The third kappa shape index (κ3) is 2.08. The molecule has 2 N–H and O–H groups in total. The quantitative estimate of drug-likeness (QED) is 0.574. The molecule has 5 nitrogen and oxygen atoms in total. The molecule has 0 aromatic heterocycles. The van der Waals surface area contributed by atoms with Crippen LogP contribution in [-0.2, 0) is 0 Å². The van der Waals surface area contributed by atoms with E-state index in [4.69, 9.17) is 5.21 Å². The summed E-state index contributed by atoms with van der Waals surface area (Å²) >= 11 is 0. The van der Waals surface area contributed by atoms with E-state index >= 15 is 0 Å². The molecule has 1 aromatic carbocycles. The van der Waals surface area contributed by atoms with Gasteiger partial charge in [-0.3, -0.25) is 4.90 Å². The first kappa shape index (κ1) is 11.4. The van der Waals surface area contributed by atoms with Crippen LogP contribution in [0.4, 0.5) is 10.5 Å². The van der Waals surface area contributed by atoms with E-state index in [-0.39, 0.29) is 6.03 Å². The number of amides is 2. The monoisotopic (exact) mass is 233 g/mol. The Morgan fingerprint density at radius 2 is 2.29 bits per heavy atom. The smallest absolute Gasteiger partial charge is 0.321 e. The number of fused-ring (bicyclic) bond motifs is 1. The van der Waals surface area contributed by atoms with Gasteiger partial charge in [-0.15, -0.1) is 0 Å². The van der Waals surface area contributed by atoms with E-state index in [1.54, 1.807) is 4.90 Å².